The van der Waals surface area contributed by atoms with Crippen LogP contribution in [0, 0.1) is 0 Å². The number of benzene rings is 1. The maximum absolute atomic E-state index is 12.6. The number of nitrogens with zero attached hydrogens (tertiary/aromatic N) is 1. The molecule has 1 heterocycles. The molecular weight excluding hydrogens is 272 g/mol. The predicted octanol–water partition coefficient (Wildman–Crippen LogP) is 0.710. The molecule has 0 saturated carbocycles. The summed E-state index contributed by atoms with van der Waals surface area (Å²) >= 11 is 0. The second-order valence-corrected chi connectivity index (χ2v) is 4.90. The number of methoxy groups -OCH3 is 1. The van der Waals surface area contributed by atoms with Gasteiger partial charge in [-0.05, 0) is 24.1 Å². The Labute approximate surface area is 123 Å². The standard InChI is InChI=1S/C15H18N2O4/c1-3-12-14(19)16-13(18)8-17(12)15(20)11-6-4-5-10(7-11)9-21-2/h4-7,12H,3,8-9H2,1-2H3,(H,16,18,19). The van der Waals surface area contributed by atoms with Crippen LogP contribution in [0.2, 0.25) is 0 Å². The van der Waals surface area contributed by atoms with E-state index in [1.54, 1.807) is 25.3 Å². The lowest BCUT2D eigenvalue weighted by molar-refractivity contribution is -0.138. The van der Waals surface area contributed by atoms with E-state index >= 15 is 0 Å². The van der Waals surface area contributed by atoms with Crippen molar-refractivity contribution in [2.45, 2.75) is 26.0 Å². The average molecular weight is 290 g/mol. The number of rotatable bonds is 4. The van der Waals surface area contributed by atoms with Crippen LogP contribution >= 0.6 is 0 Å². The summed E-state index contributed by atoms with van der Waals surface area (Å²) in [5, 5.41) is 2.26. The highest BCUT2D eigenvalue weighted by Gasteiger charge is 2.35. The molecule has 1 saturated heterocycles. The Morgan fingerprint density at radius 3 is 2.86 bits per heavy atom. The Balaban J connectivity index is 2.26. The molecule has 6 heteroatoms. The van der Waals surface area contributed by atoms with Gasteiger partial charge in [0.25, 0.3) is 5.91 Å². The van der Waals surface area contributed by atoms with Crippen LogP contribution in [-0.4, -0.2) is 42.3 Å². The molecule has 0 spiro atoms. The summed E-state index contributed by atoms with van der Waals surface area (Å²) < 4.78 is 5.04. The molecule has 1 fully saturated rings. The van der Waals surface area contributed by atoms with Gasteiger partial charge in [-0.1, -0.05) is 19.1 Å². The number of carbonyl (C=O) groups excluding carboxylic acids is 3. The first-order valence-electron chi connectivity index (χ1n) is 6.79. The van der Waals surface area contributed by atoms with Gasteiger partial charge in [0.15, 0.2) is 0 Å². The van der Waals surface area contributed by atoms with Crippen molar-refractivity contribution in [3.63, 3.8) is 0 Å². The van der Waals surface area contributed by atoms with Crippen molar-refractivity contribution < 1.29 is 19.1 Å². The van der Waals surface area contributed by atoms with Gasteiger partial charge in [0.2, 0.25) is 11.8 Å². The molecule has 3 amide bonds. The fourth-order valence-corrected chi connectivity index (χ4v) is 2.41. The number of amides is 3. The normalized spacial score (nSPS) is 18.6. The lowest BCUT2D eigenvalue weighted by Gasteiger charge is -2.33. The molecule has 0 bridgehead atoms. The van der Waals surface area contributed by atoms with E-state index in [2.05, 4.69) is 5.32 Å². The number of hydrogen-bond acceptors (Lipinski definition) is 4. The molecule has 1 atom stereocenters. The van der Waals surface area contributed by atoms with Crippen molar-refractivity contribution in [1.29, 1.82) is 0 Å². The Bertz CT molecular complexity index is 571. The predicted molar refractivity (Wildman–Crippen MR) is 75.4 cm³/mol. The maximum Gasteiger partial charge on any atom is 0.255 e. The third-order valence-electron chi connectivity index (χ3n) is 3.39. The smallest absolute Gasteiger partial charge is 0.255 e. The van der Waals surface area contributed by atoms with Crippen molar-refractivity contribution in [3.05, 3.63) is 35.4 Å². The summed E-state index contributed by atoms with van der Waals surface area (Å²) in [6, 6.07) is 6.39. The fraction of sp³-hybridized carbons (Fsp3) is 0.400. The van der Waals surface area contributed by atoms with Crippen molar-refractivity contribution in [3.8, 4) is 0 Å². The molecule has 21 heavy (non-hydrogen) atoms. The zero-order chi connectivity index (χ0) is 15.4. The minimum Gasteiger partial charge on any atom is -0.380 e. The van der Waals surface area contributed by atoms with E-state index in [0.29, 0.717) is 18.6 Å². The fourth-order valence-electron chi connectivity index (χ4n) is 2.41. The molecule has 0 aromatic heterocycles. The van der Waals surface area contributed by atoms with Crippen LogP contribution in [0.4, 0.5) is 0 Å². The van der Waals surface area contributed by atoms with Crippen molar-refractivity contribution in [2.75, 3.05) is 13.7 Å². The molecule has 2 rings (SSSR count). The van der Waals surface area contributed by atoms with Gasteiger partial charge < -0.3 is 9.64 Å². The van der Waals surface area contributed by atoms with Gasteiger partial charge in [-0.25, -0.2) is 0 Å². The largest absolute Gasteiger partial charge is 0.380 e. The van der Waals surface area contributed by atoms with Gasteiger partial charge >= 0.3 is 0 Å². The van der Waals surface area contributed by atoms with Gasteiger partial charge in [0.1, 0.15) is 12.6 Å². The topological polar surface area (TPSA) is 75.7 Å². The third-order valence-corrected chi connectivity index (χ3v) is 3.39. The molecule has 6 nitrogen and oxygen atoms in total. The van der Waals surface area contributed by atoms with Gasteiger partial charge in [-0.2, -0.15) is 0 Å². The van der Waals surface area contributed by atoms with Crippen LogP contribution in [0.15, 0.2) is 24.3 Å². The Morgan fingerprint density at radius 2 is 2.19 bits per heavy atom. The third kappa shape index (κ3) is 3.28. The Morgan fingerprint density at radius 1 is 1.43 bits per heavy atom. The molecule has 1 aliphatic rings. The van der Waals surface area contributed by atoms with Gasteiger partial charge in [0.05, 0.1) is 6.61 Å². The van der Waals surface area contributed by atoms with Crippen molar-refractivity contribution in [2.24, 2.45) is 0 Å². The number of hydrogen-bond donors (Lipinski definition) is 1. The molecule has 0 radical (unpaired) electrons. The molecule has 1 aromatic rings. The lowest BCUT2D eigenvalue weighted by Crippen LogP contribution is -2.59. The Hall–Kier alpha value is -2.21. The summed E-state index contributed by atoms with van der Waals surface area (Å²) in [7, 11) is 1.58. The SMILES string of the molecule is CCC1C(=O)NC(=O)CN1C(=O)c1cccc(COC)c1. The van der Waals surface area contributed by atoms with E-state index in [9.17, 15) is 14.4 Å². The van der Waals surface area contributed by atoms with Gasteiger partial charge in [-0.15, -0.1) is 0 Å². The lowest BCUT2D eigenvalue weighted by atomic mass is 10.1. The molecule has 112 valence electrons. The maximum atomic E-state index is 12.6. The molecule has 1 unspecified atom stereocenters. The van der Waals surface area contributed by atoms with E-state index in [1.807, 2.05) is 13.0 Å². The first kappa shape index (κ1) is 15.2. The number of piperazine rings is 1. The van der Waals surface area contributed by atoms with E-state index in [0.717, 1.165) is 5.56 Å². The summed E-state index contributed by atoms with van der Waals surface area (Å²) in [6.45, 7) is 2.11. The average Bonchev–Trinajstić information content (AvgIpc) is 2.46. The van der Waals surface area contributed by atoms with Crippen LogP contribution < -0.4 is 5.32 Å². The second-order valence-electron chi connectivity index (χ2n) is 4.90. The molecule has 1 aromatic carbocycles. The van der Waals surface area contributed by atoms with E-state index in [-0.39, 0.29) is 12.5 Å². The van der Waals surface area contributed by atoms with Crippen molar-refractivity contribution in [1.82, 2.24) is 10.2 Å². The van der Waals surface area contributed by atoms with Crippen LogP contribution in [0.3, 0.4) is 0 Å². The summed E-state index contributed by atoms with van der Waals surface area (Å²) in [5.41, 5.74) is 1.31. The summed E-state index contributed by atoms with van der Waals surface area (Å²) in [5.74, 6) is -1.19. The van der Waals surface area contributed by atoms with Crippen LogP contribution in [0.5, 0.6) is 0 Å². The van der Waals surface area contributed by atoms with Gasteiger partial charge in [-0.3, -0.25) is 19.7 Å². The highest BCUT2D eigenvalue weighted by Crippen LogP contribution is 2.15. The quantitative estimate of drug-likeness (QED) is 0.829. The Kier molecular flexibility index (Phi) is 4.70. The number of ether oxygens (including phenoxy) is 1. The number of nitrogens with one attached hydrogen (secondary N) is 1. The van der Waals surface area contributed by atoms with E-state index in [4.69, 9.17) is 4.74 Å². The van der Waals surface area contributed by atoms with Crippen molar-refractivity contribution >= 4 is 17.7 Å². The summed E-state index contributed by atoms with van der Waals surface area (Å²) in [4.78, 5) is 37.2. The van der Waals surface area contributed by atoms with Crippen LogP contribution in [-0.2, 0) is 20.9 Å². The highest BCUT2D eigenvalue weighted by molar-refractivity contribution is 6.07. The first-order valence-corrected chi connectivity index (χ1v) is 6.79. The number of imide groups is 1. The minimum atomic E-state index is -0.610. The number of carbonyl (C=O) groups is 3. The van der Waals surface area contributed by atoms with Crippen LogP contribution in [0.1, 0.15) is 29.3 Å². The zero-order valence-corrected chi connectivity index (χ0v) is 12.1. The van der Waals surface area contributed by atoms with Crippen LogP contribution in [0.25, 0.3) is 0 Å². The zero-order valence-electron chi connectivity index (χ0n) is 12.1. The minimum absolute atomic E-state index is 0.0996. The first-order chi connectivity index (χ1) is 10.1. The molecule has 0 aliphatic carbocycles. The van der Waals surface area contributed by atoms with E-state index < -0.39 is 17.9 Å². The summed E-state index contributed by atoms with van der Waals surface area (Å²) in [6.07, 6.45) is 0.461. The highest BCUT2D eigenvalue weighted by atomic mass is 16.5. The monoisotopic (exact) mass is 290 g/mol. The van der Waals surface area contributed by atoms with E-state index in [1.165, 1.54) is 4.90 Å². The molecular formula is C15H18N2O4. The molecule has 1 N–H and O–H groups in total. The second kappa shape index (κ2) is 6.49. The molecule has 1 aliphatic heterocycles. The van der Waals surface area contributed by atoms with Gasteiger partial charge in [0, 0.05) is 12.7 Å².